The first kappa shape index (κ1) is 20.8. The average Bonchev–Trinajstić information content (AvgIpc) is 3.17. The largest absolute Gasteiger partial charge is 0.491 e. The van der Waals surface area contributed by atoms with E-state index in [9.17, 15) is 8.78 Å². The Kier molecular flexibility index (Phi) is 7.47. The second kappa shape index (κ2) is 10.0. The van der Waals surface area contributed by atoms with Gasteiger partial charge in [-0.2, -0.15) is 4.39 Å². The maximum absolute atomic E-state index is 14.4. The maximum atomic E-state index is 14.4. The Bertz CT molecular complexity index is 754. The summed E-state index contributed by atoms with van der Waals surface area (Å²) in [5.41, 5.74) is 2.25. The van der Waals surface area contributed by atoms with Gasteiger partial charge in [0.15, 0.2) is 11.6 Å². The molecule has 0 radical (unpaired) electrons. The van der Waals surface area contributed by atoms with Crippen molar-refractivity contribution in [1.29, 1.82) is 0 Å². The van der Waals surface area contributed by atoms with Crippen molar-refractivity contribution in [2.75, 3.05) is 6.61 Å². The Balaban J connectivity index is 1.58. The molecule has 0 aromatic heterocycles. The number of aryl methyl sites for hydroxylation is 1. The molecule has 2 aromatic rings. The summed E-state index contributed by atoms with van der Waals surface area (Å²) in [5.74, 6) is -0.0109. The van der Waals surface area contributed by atoms with Crippen molar-refractivity contribution in [2.24, 2.45) is 11.8 Å². The van der Waals surface area contributed by atoms with Gasteiger partial charge in [-0.1, -0.05) is 63.3 Å². The van der Waals surface area contributed by atoms with Gasteiger partial charge in [-0.25, -0.2) is 4.39 Å². The van der Waals surface area contributed by atoms with Crippen LogP contribution in [-0.2, 0) is 6.42 Å². The summed E-state index contributed by atoms with van der Waals surface area (Å²) >= 11 is 0. The van der Waals surface area contributed by atoms with E-state index >= 15 is 0 Å². The minimum atomic E-state index is -0.915. The Morgan fingerprint density at radius 2 is 1.61 bits per heavy atom. The predicted molar refractivity (Wildman–Crippen MR) is 112 cm³/mol. The summed E-state index contributed by atoms with van der Waals surface area (Å²) in [6, 6.07) is 11.0. The van der Waals surface area contributed by atoms with E-state index in [1.54, 1.807) is 13.0 Å². The van der Waals surface area contributed by atoms with E-state index in [1.165, 1.54) is 56.6 Å². The van der Waals surface area contributed by atoms with Crippen LogP contribution in [0.25, 0.3) is 11.1 Å². The van der Waals surface area contributed by atoms with E-state index in [1.807, 2.05) is 24.3 Å². The molecular weight excluding hydrogens is 354 g/mol. The molecule has 1 nitrogen and oxygen atoms in total. The van der Waals surface area contributed by atoms with E-state index in [4.69, 9.17) is 4.74 Å². The van der Waals surface area contributed by atoms with Crippen LogP contribution in [0.2, 0.25) is 0 Å². The van der Waals surface area contributed by atoms with Crippen LogP contribution < -0.4 is 4.74 Å². The van der Waals surface area contributed by atoms with Crippen LogP contribution in [0.1, 0.15) is 64.4 Å². The summed E-state index contributed by atoms with van der Waals surface area (Å²) in [4.78, 5) is 0. The molecule has 2 atom stereocenters. The van der Waals surface area contributed by atoms with Gasteiger partial charge in [-0.3, -0.25) is 0 Å². The molecule has 1 aliphatic rings. The van der Waals surface area contributed by atoms with Gasteiger partial charge in [0.2, 0.25) is 5.82 Å². The minimum Gasteiger partial charge on any atom is -0.491 e. The number of rotatable bonds is 9. The molecule has 2 unspecified atom stereocenters. The van der Waals surface area contributed by atoms with E-state index in [-0.39, 0.29) is 11.3 Å². The lowest BCUT2D eigenvalue weighted by Crippen LogP contribution is -2.00. The standard InChI is InChI=1S/C25H32F2O/c1-3-5-6-19-9-10-20(17-19)8-7-18-11-13-21(14-12-18)22-15-16-23(28-4-2)25(27)24(22)26/h11-16,19-20H,3-10,17H2,1-2H3. The highest BCUT2D eigenvalue weighted by Crippen LogP contribution is 2.37. The summed E-state index contributed by atoms with van der Waals surface area (Å²) in [5, 5.41) is 0. The maximum Gasteiger partial charge on any atom is 0.201 e. The fourth-order valence-corrected chi connectivity index (χ4v) is 4.44. The van der Waals surface area contributed by atoms with Crippen molar-refractivity contribution in [2.45, 2.75) is 65.2 Å². The average molecular weight is 387 g/mol. The smallest absolute Gasteiger partial charge is 0.201 e. The summed E-state index contributed by atoms with van der Waals surface area (Å²) in [6.07, 6.45) is 10.5. The van der Waals surface area contributed by atoms with Crippen molar-refractivity contribution < 1.29 is 13.5 Å². The SMILES string of the molecule is CCCCC1CCC(CCc2ccc(-c3ccc(OCC)c(F)c3F)cc2)C1. The minimum absolute atomic E-state index is 0.0332. The van der Waals surface area contributed by atoms with Gasteiger partial charge < -0.3 is 4.74 Å². The topological polar surface area (TPSA) is 9.23 Å². The van der Waals surface area contributed by atoms with Crippen LogP contribution in [0, 0.1) is 23.5 Å². The third kappa shape index (κ3) is 5.12. The number of ether oxygens (including phenoxy) is 1. The number of benzene rings is 2. The molecule has 0 spiro atoms. The van der Waals surface area contributed by atoms with Crippen LogP contribution in [0.5, 0.6) is 5.75 Å². The highest BCUT2D eigenvalue weighted by atomic mass is 19.2. The van der Waals surface area contributed by atoms with E-state index in [0.717, 1.165) is 18.3 Å². The van der Waals surface area contributed by atoms with E-state index in [2.05, 4.69) is 6.92 Å². The quantitative estimate of drug-likeness (QED) is 0.432. The number of unbranched alkanes of at least 4 members (excludes halogenated alkanes) is 1. The molecule has 1 saturated carbocycles. The van der Waals surface area contributed by atoms with Gasteiger partial charge in [0.05, 0.1) is 6.61 Å². The summed E-state index contributed by atoms with van der Waals surface area (Å²) in [7, 11) is 0. The first-order chi connectivity index (χ1) is 13.6. The van der Waals surface area contributed by atoms with Gasteiger partial charge in [0.1, 0.15) is 0 Å². The number of halogens is 2. The summed E-state index contributed by atoms with van der Waals surface area (Å²) < 4.78 is 33.6. The van der Waals surface area contributed by atoms with Gasteiger partial charge >= 0.3 is 0 Å². The van der Waals surface area contributed by atoms with Crippen molar-refractivity contribution in [1.82, 2.24) is 0 Å². The van der Waals surface area contributed by atoms with Gasteiger partial charge in [0.25, 0.3) is 0 Å². The van der Waals surface area contributed by atoms with Crippen molar-refractivity contribution in [3.63, 3.8) is 0 Å². The second-order valence-electron chi connectivity index (χ2n) is 8.10. The molecule has 0 N–H and O–H groups in total. The fraction of sp³-hybridized carbons (Fsp3) is 0.520. The molecular formula is C25H32F2O. The molecule has 2 aromatic carbocycles. The predicted octanol–water partition coefficient (Wildman–Crippen LogP) is 7.57. The first-order valence-electron chi connectivity index (χ1n) is 10.8. The molecule has 0 amide bonds. The highest BCUT2D eigenvalue weighted by molar-refractivity contribution is 5.65. The zero-order valence-electron chi connectivity index (χ0n) is 17.1. The van der Waals surface area contributed by atoms with E-state index in [0.29, 0.717) is 12.2 Å². The van der Waals surface area contributed by atoms with Crippen molar-refractivity contribution in [3.8, 4) is 16.9 Å². The highest BCUT2D eigenvalue weighted by Gasteiger charge is 2.23. The molecule has 1 aliphatic carbocycles. The van der Waals surface area contributed by atoms with Crippen molar-refractivity contribution >= 4 is 0 Å². The van der Waals surface area contributed by atoms with Gasteiger partial charge in [-0.15, -0.1) is 0 Å². The fourth-order valence-electron chi connectivity index (χ4n) is 4.44. The van der Waals surface area contributed by atoms with Crippen LogP contribution in [0.15, 0.2) is 36.4 Å². The molecule has 0 saturated heterocycles. The molecule has 28 heavy (non-hydrogen) atoms. The van der Waals surface area contributed by atoms with Crippen molar-refractivity contribution in [3.05, 3.63) is 53.6 Å². The lowest BCUT2D eigenvalue weighted by atomic mass is 9.94. The molecule has 3 heteroatoms. The number of hydrogen-bond acceptors (Lipinski definition) is 1. The Morgan fingerprint density at radius 3 is 2.29 bits per heavy atom. The Morgan fingerprint density at radius 1 is 0.893 bits per heavy atom. The first-order valence-corrected chi connectivity index (χ1v) is 10.8. The van der Waals surface area contributed by atoms with Crippen LogP contribution in [-0.4, -0.2) is 6.61 Å². The Labute approximate surface area is 168 Å². The molecule has 0 bridgehead atoms. The lowest BCUT2D eigenvalue weighted by molar-refractivity contribution is 0.314. The lowest BCUT2D eigenvalue weighted by Gasteiger charge is -2.12. The van der Waals surface area contributed by atoms with Crippen LogP contribution in [0.3, 0.4) is 0 Å². The van der Waals surface area contributed by atoms with Gasteiger partial charge in [0, 0.05) is 5.56 Å². The number of hydrogen-bond donors (Lipinski definition) is 0. The third-order valence-corrected chi connectivity index (χ3v) is 6.07. The zero-order chi connectivity index (χ0) is 19.9. The zero-order valence-corrected chi connectivity index (χ0v) is 17.1. The Hall–Kier alpha value is -1.90. The second-order valence-corrected chi connectivity index (χ2v) is 8.10. The van der Waals surface area contributed by atoms with Gasteiger partial charge in [-0.05, 0) is 61.3 Å². The molecule has 1 fully saturated rings. The molecule has 152 valence electrons. The molecule has 0 heterocycles. The third-order valence-electron chi connectivity index (χ3n) is 6.07. The van der Waals surface area contributed by atoms with E-state index < -0.39 is 11.6 Å². The van der Waals surface area contributed by atoms with Crippen LogP contribution >= 0.6 is 0 Å². The normalized spacial score (nSPS) is 19.1. The summed E-state index contributed by atoms with van der Waals surface area (Å²) in [6.45, 7) is 4.33. The van der Waals surface area contributed by atoms with Crippen LogP contribution in [0.4, 0.5) is 8.78 Å². The molecule has 0 aliphatic heterocycles. The molecule has 3 rings (SSSR count). The monoisotopic (exact) mass is 386 g/mol.